The maximum absolute atomic E-state index is 9.95. The lowest BCUT2D eigenvalue weighted by Gasteiger charge is -2.16. The van der Waals surface area contributed by atoms with Crippen LogP contribution in [-0.4, -0.2) is 53.3 Å². The minimum absolute atomic E-state index is 0.234. The molecule has 0 fully saturated rings. The third kappa shape index (κ3) is 6.31. The second kappa shape index (κ2) is 10.6. The quantitative estimate of drug-likeness (QED) is 0.328. The summed E-state index contributed by atoms with van der Waals surface area (Å²) >= 11 is 0. The molecule has 2 heterocycles. The number of nitrogens with one attached hydrogen (secondary N) is 2. The molecular weight excluding hydrogens is 418 g/mol. The molecule has 2 aromatic heterocycles. The molecule has 8 heteroatoms. The molecule has 1 unspecified atom stereocenters. The Balaban J connectivity index is 1.47. The van der Waals surface area contributed by atoms with Crippen LogP contribution in [0.3, 0.4) is 0 Å². The number of aliphatic hydroxyl groups excluding tert-OH is 1. The summed E-state index contributed by atoms with van der Waals surface area (Å²) < 4.78 is 10.9. The Morgan fingerprint density at radius 1 is 1.00 bits per heavy atom. The Labute approximate surface area is 192 Å². The summed E-state index contributed by atoms with van der Waals surface area (Å²) in [7, 11) is 3.82. The largest absolute Gasteiger partial charge is 0.491 e. The lowest BCUT2D eigenvalue weighted by Crippen LogP contribution is -2.30. The zero-order chi connectivity index (χ0) is 23.0. The van der Waals surface area contributed by atoms with E-state index in [2.05, 4.69) is 20.6 Å². The predicted octanol–water partition coefficient (Wildman–Crippen LogP) is 4.53. The first kappa shape index (κ1) is 22.3. The van der Waals surface area contributed by atoms with Gasteiger partial charge in [-0.2, -0.15) is 4.98 Å². The van der Waals surface area contributed by atoms with E-state index in [0.717, 1.165) is 22.5 Å². The highest BCUT2D eigenvalue weighted by molar-refractivity contribution is 5.78. The van der Waals surface area contributed by atoms with Gasteiger partial charge in [0.15, 0.2) is 0 Å². The van der Waals surface area contributed by atoms with Gasteiger partial charge in [-0.15, -0.1) is 0 Å². The first-order chi connectivity index (χ1) is 16.1. The number of hydrogen-bond acceptors (Lipinski definition) is 8. The van der Waals surface area contributed by atoms with Gasteiger partial charge in [0.25, 0.3) is 0 Å². The van der Waals surface area contributed by atoms with Gasteiger partial charge in [0.05, 0.1) is 12.5 Å². The van der Waals surface area contributed by atoms with Crippen molar-refractivity contribution in [3.8, 4) is 16.9 Å². The molecule has 0 aliphatic rings. The molecule has 0 amide bonds. The van der Waals surface area contributed by atoms with Crippen LogP contribution < -0.4 is 15.4 Å². The van der Waals surface area contributed by atoms with E-state index in [1.807, 2.05) is 79.7 Å². The van der Waals surface area contributed by atoms with E-state index in [-0.39, 0.29) is 6.61 Å². The molecule has 0 spiro atoms. The van der Waals surface area contributed by atoms with Crippen molar-refractivity contribution in [2.45, 2.75) is 6.10 Å². The molecule has 4 rings (SSSR count). The van der Waals surface area contributed by atoms with Crippen molar-refractivity contribution in [3.63, 3.8) is 0 Å². The fourth-order valence-corrected chi connectivity index (χ4v) is 3.25. The summed E-state index contributed by atoms with van der Waals surface area (Å²) in [4.78, 5) is 11.1. The van der Waals surface area contributed by atoms with E-state index in [9.17, 15) is 5.11 Å². The smallest absolute Gasteiger partial charge is 0.229 e. The van der Waals surface area contributed by atoms with Crippen molar-refractivity contribution >= 4 is 23.1 Å². The molecule has 8 nitrogen and oxygen atoms in total. The van der Waals surface area contributed by atoms with Crippen molar-refractivity contribution in [2.24, 2.45) is 0 Å². The lowest BCUT2D eigenvalue weighted by atomic mass is 10.1. The zero-order valence-electron chi connectivity index (χ0n) is 18.6. The van der Waals surface area contributed by atoms with E-state index < -0.39 is 6.10 Å². The summed E-state index contributed by atoms with van der Waals surface area (Å²) in [5.41, 5.74) is 3.46. The number of nitrogens with zero attached hydrogens (tertiary/aromatic N) is 3. The third-order valence-electron chi connectivity index (χ3n) is 4.79. The van der Waals surface area contributed by atoms with Gasteiger partial charge in [0.2, 0.25) is 5.95 Å². The van der Waals surface area contributed by atoms with Gasteiger partial charge >= 0.3 is 0 Å². The Kier molecular flexibility index (Phi) is 7.19. The summed E-state index contributed by atoms with van der Waals surface area (Å²) in [5.74, 6) is 1.80. The van der Waals surface area contributed by atoms with Crippen molar-refractivity contribution in [2.75, 3.05) is 37.9 Å². The molecule has 33 heavy (non-hydrogen) atoms. The number of aliphatic hydroxyl groups is 1. The van der Waals surface area contributed by atoms with Crippen LogP contribution in [0.25, 0.3) is 11.1 Å². The van der Waals surface area contributed by atoms with Gasteiger partial charge in [0, 0.05) is 35.2 Å². The number of hydrogen-bond donors (Lipinski definition) is 3. The number of benzene rings is 2. The number of likely N-dealkylation sites (N-methyl/N-ethyl adjacent to an activating group) is 1. The maximum Gasteiger partial charge on any atom is 0.229 e. The van der Waals surface area contributed by atoms with Crippen molar-refractivity contribution in [1.82, 2.24) is 14.9 Å². The van der Waals surface area contributed by atoms with Gasteiger partial charge in [0.1, 0.15) is 24.3 Å². The van der Waals surface area contributed by atoms with E-state index in [1.165, 1.54) is 0 Å². The summed E-state index contributed by atoms with van der Waals surface area (Å²) in [6.45, 7) is 0.781. The molecule has 1 atom stereocenters. The minimum Gasteiger partial charge on any atom is -0.491 e. The lowest BCUT2D eigenvalue weighted by molar-refractivity contribution is 0.0831. The first-order valence-corrected chi connectivity index (χ1v) is 10.6. The Morgan fingerprint density at radius 2 is 1.76 bits per heavy atom. The average molecular weight is 446 g/mol. The van der Waals surface area contributed by atoms with E-state index >= 15 is 0 Å². The molecule has 3 N–H and O–H groups in total. The van der Waals surface area contributed by atoms with E-state index in [1.54, 1.807) is 18.7 Å². The molecule has 0 aliphatic carbocycles. The number of furan rings is 1. The van der Waals surface area contributed by atoms with Crippen LogP contribution in [0.1, 0.15) is 0 Å². The predicted molar refractivity (Wildman–Crippen MR) is 129 cm³/mol. The second-order valence-electron chi connectivity index (χ2n) is 7.84. The molecule has 2 aromatic carbocycles. The fraction of sp³-hybridized carbons (Fsp3) is 0.200. The van der Waals surface area contributed by atoms with Gasteiger partial charge in [-0.25, -0.2) is 4.98 Å². The van der Waals surface area contributed by atoms with Crippen LogP contribution >= 0.6 is 0 Å². The Hall–Kier alpha value is -3.88. The number of aromatic nitrogens is 2. The monoisotopic (exact) mass is 445 g/mol. The van der Waals surface area contributed by atoms with Crippen LogP contribution in [-0.2, 0) is 0 Å². The number of para-hydroxylation sites is 1. The topological polar surface area (TPSA) is 95.7 Å². The highest BCUT2D eigenvalue weighted by atomic mass is 16.5. The zero-order valence-corrected chi connectivity index (χ0v) is 18.6. The SMILES string of the molecule is CN(C)CC(O)COc1ccc(Nc2ncc(-c3ccoc3)c(Nc3ccccc3)n2)cc1. The third-order valence-corrected chi connectivity index (χ3v) is 4.79. The normalized spacial score (nSPS) is 11.9. The molecule has 0 bridgehead atoms. The van der Waals surface area contributed by atoms with Gasteiger partial charge < -0.3 is 29.8 Å². The van der Waals surface area contributed by atoms with Crippen LogP contribution in [0.5, 0.6) is 5.75 Å². The van der Waals surface area contributed by atoms with Crippen molar-refractivity contribution < 1.29 is 14.3 Å². The van der Waals surface area contributed by atoms with Gasteiger partial charge in [-0.1, -0.05) is 18.2 Å². The average Bonchev–Trinajstić information content (AvgIpc) is 3.34. The van der Waals surface area contributed by atoms with Crippen molar-refractivity contribution in [3.05, 3.63) is 79.4 Å². The molecule has 0 aliphatic heterocycles. The first-order valence-electron chi connectivity index (χ1n) is 10.6. The summed E-state index contributed by atoms with van der Waals surface area (Å²) in [6, 6.07) is 19.2. The van der Waals surface area contributed by atoms with E-state index in [0.29, 0.717) is 24.1 Å². The highest BCUT2D eigenvalue weighted by Gasteiger charge is 2.12. The molecule has 0 saturated heterocycles. The fourth-order valence-electron chi connectivity index (χ4n) is 3.25. The van der Waals surface area contributed by atoms with Gasteiger partial charge in [-0.3, -0.25) is 0 Å². The summed E-state index contributed by atoms with van der Waals surface area (Å²) in [6.07, 6.45) is 4.50. The minimum atomic E-state index is -0.546. The number of anilines is 4. The number of rotatable bonds is 10. The molecule has 4 aromatic rings. The standard InChI is InChI=1S/C25H27N5O3/c1-30(2)15-21(31)17-33-22-10-8-20(9-11-22)28-25-26-14-23(18-12-13-32-16-18)24(29-25)27-19-6-4-3-5-7-19/h3-14,16,21,31H,15,17H2,1-2H3,(H2,26,27,28,29). The van der Waals surface area contributed by atoms with Crippen molar-refractivity contribution in [1.29, 1.82) is 0 Å². The molecule has 0 saturated carbocycles. The van der Waals surface area contributed by atoms with E-state index in [4.69, 9.17) is 9.15 Å². The molecular formula is C25H27N5O3. The van der Waals surface area contributed by atoms with Gasteiger partial charge in [-0.05, 0) is 56.6 Å². The second-order valence-corrected chi connectivity index (χ2v) is 7.84. The van der Waals surface area contributed by atoms with Crippen LogP contribution in [0.2, 0.25) is 0 Å². The summed E-state index contributed by atoms with van der Waals surface area (Å²) in [5, 5.41) is 16.5. The Bertz CT molecular complexity index is 1130. The van der Waals surface area contributed by atoms with Crippen LogP contribution in [0.15, 0.2) is 83.8 Å². The molecule has 170 valence electrons. The maximum atomic E-state index is 9.95. The van der Waals surface area contributed by atoms with Crippen LogP contribution in [0, 0.1) is 0 Å². The highest BCUT2D eigenvalue weighted by Crippen LogP contribution is 2.30. The Morgan fingerprint density at radius 3 is 2.45 bits per heavy atom. The van der Waals surface area contributed by atoms with Crippen LogP contribution in [0.4, 0.5) is 23.1 Å². The molecule has 0 radical (unpaired) electrons. The number of ether oxygens (including phenoxy) is 1.